The highest BCUT2D eigenvalue weighted by Crippen LogP contribution is 2.22. The second-order valence-electron chi connectivity index (χ2n) is 5.50. The van der Waals surface area contributed by atoms with Gasteiger partial charge in [-0.25, -0.2) is 0 Å². The van der Waals surface area contributed by atoms with E-state index in [9.17, 15) is 0 Å². The molecule has 4 heteroatoms. The van der Waals surface area contributed by atoms with Gasteiger partial charge in [0, 0.05) is 37.7 Å². The highest BCUT2D eigenvalue weighted by Gasteiger charge is 2.23. The first-order chi connectivity index (χ1) is 9.42. The predicted molar refractivity (Wildman–Crippen MR) is 76.4 cm³/mol. The Balaban J connectivity index is 1.46. The molecular weight excluding hydrogens is 238 g/mol. The van der Waals surface area contributed by atoms with Gasteiger partial charge in [0.15, 0.2) is 0 Å². The van der Waals surface area contributed by atoms with Gasteiger partial charge in [-0.3, -0.25) is 4.98 Å². The Kier molecular flexibility index (Phi) is 4.30. The standard InChI is InChI=1S/C15H23N3O/c1-2-15(12-17-7-1)19-14-5-10-18(11-6-14)13-3-8-16-9-4-13/h3-4,8-9,14-15,17H,1-2,5-7,10-12H2. The van der Waals surface area contributed by atoms with E-state index in [1.54, 1.807) is 0 Å². The summed E-state index contributed by atoms with van der Waals surface area (Å²) in [6, 6.07) is 4.18. The number of piperidine rings is 2. The Morgan fingerprint density at radius 1 is 1.11 bits per heavy atom. The van der Waals surface area contributed by atoms with Crippen LogP contribution in [0.3, 0.4) is 0 Å². The molecule has 0 aromatic carbocycles. The SMILES string of the molecule is c1cc(N2CCC(OC3CCCNC3)CC2)ccn1. The summed E-state index contributed by atoms with van der Waals surface area (Å²) < 4.78 is 6.21. The molecule has 4 nitrogen and oxygen atoms in total. The maximum atomic E-state index is 6.21. The Hall–Kier alpha value is -1.13. The van der Waals surface area contributed by atoms with E-state index in [0.717, 1.165) is 39.0 Å². The molecule has 104 valence electrons. The van der Waals surface area contributed by atoms with E-state index in [4.69, 9.17) is 4.74 Å². The van der Waals surface area contributed by atoms with Gasteiger partial charge >= 0.3 is 0 Å². The van der Waals surface area contributed by atoms with E-state index in [-0.39, 0.29) is 0 Å². The van der Waals surface area contributed by atoms with Gasteiger partial charge in [-0.2, -0.15) is 0 Å². The molecule has 0 saturated carbocycles. The summed E-state index contributed by atoms with van der Waals surface area (Å²) >= 11 is 0. The largest absolute Gasteiger partial charge is 0.374 e. The molecule has 2 aliphatic rings. The van der Waals surface area contributed by atoms with Crippen molar-refractivity contribution >= 4 is 5.69 Å². The Labute approximate surface area is 115 Å². The molecule has 2 aliphatic heterocycles. The lowest BCUT2D eigenvalue weighted by atomic mass is 10.1. The third-order valence-corrected chi connectivity index (χ3v) is 4.11. The van der Waals surface area contributed by atoms with E-state index in [1.165, 1.54) is 18.5 Å². The first-order valence-corrected chi connectivity index (χ1v) is 7.43. The van der Waals surface area contributed by atoms with Crippen LogP contribution in [-0.2, 0) is 4.74 Å². The van der Waals surface area contributed by atoms with Gasteiger partial charge in [0.2, 0.25) is 0 Å². The minimum atomic E-state index is 0.436. The first kappa shape index (κ1) is 12.9. The second-order valence-corrected chi connectivity index (χ2v) is 5.50. The topological polar surface area (TPSA) is 37.4 Å². The molecule has 19 heavy (non-hydrogen) atoms. The van der Waals surface area contributed by atoms with E-state index in [2.05, 4.69) is 27.3 Å². The van der Waals surface area contributed by atoms with Gasteiger partial charge in [-0.05, 0) is 44.4 Å². The van der Waals surface area contributed by atoms with Crippen molar-refractivity contribution in [1.82, 2.24) is 10.3 Å². The van der Waals surface area contributed by atoms with E-state index >= 15 is 0 Å². The van der Waals surface area contributed by atoms with Crippen LogP contribution >= 0.6 is 0 Å². The van der Waals surface area contributed by atoms with E-state index in [0.29, 0.717) is 12.2 Å². The number of nitrogens with zero attached hydrogens (tertiary/aromatic N) is 2. The normalized spacial score (nSPS) is 25.5. The number of pyridine rings is 1. The summed E-state index contributed by atoms with van der Waals surface area (Å²) in [5.41, 5.74) is 1.28. The van der Waals surface area contributed by atoms with Gasteiger partial charge in [-0.15, -0.1) is 0 Å². The zero-order chi connectivity index (χ0) is 12.9. The predicted octanol–water partition coefficient (Wildman–Crippen LogP) is 1.82. The number of rotatable bonds is 3. The third-order valence-electron chi connectivity index (χ3n) is 4.11. The van der Waals surface area contributed by atoms with Crippen molar-refractivity contribution in [2.45, 2.75) is 37.9 Å². The molecule has 0 amide bonds. The maximum absolute atomic E-state index is 6.21. The third kappa shape index (κ3) is 3.45. The fourth-order valence-electron chi connectivity index (χ4n) is 3.01. The van der Waals surface area contributed by atoms with Crippen molar-refractivity contribution < 1.29 is 4.74 Å². The lowest BCUT2D eigenvalue weighted by molar-refractivity contribution is -0.0330. The van der Waals surface area contributed by atoms with Gasteiger partial charge < -0.3 is 15.0 Å². The molecule has 2 saturated heterocycles. The van der Waals surface area contributed by atoms with Crippen LogP contribution in [0.5, 0.6) is 0 Å². The number of ether oxygens (including phenoxy) is 1. The van der Waals surface area contributed by atoms with Crippen LogP contribution in [0, 0.1) is 0 Å². The average Bonchev–Trinajstić information content (AvgIpc) is 2.50. The van der Waals surface area contributed by atoms with Gasteiger partial charge in [0.25, 0.3) is 0 Å². The van der Waals surface area contributed by atoms with Crippen LogP contribution in [0.15, 0.2) is 24.5 Å². The number of hydrogen-bond acceptors (Lipinski definition) is 4. The molecular formula is C15H23N3O. The van der Waals surface area contributed by atoms with Crippen LogP contribution in [0.2, 0.25) is 0 Å². The maximum Gasteiger partial charge on any atom is 0.0703 e. The van der Waals surface area contributed by atoms with Crippen molar-refractivity contribution in [3.8, 4) is 0 Å². The van der Waals surface area contributed by atoms with Gasteiger partial charge in [0.1, 0.15) is 0 Å². The van der Waals surface area contributed by atoms with Gasteiger partial charge in [0.05, 0.1) is 12.2 Å². The molecule has 0 spiro atoms. The summed E-state index contributed by atoms with van der Waals surface area (Å²) in [5, 5.41) is 3.42. The van der Waals surface area contributed by atoms with E-state index in [1.807, 2.05) is 12.4 Å². The Morgan fingerprint density at radius 3 is 2.58 bits per heavy atom. The fourth-order valence-corrected chi connectivity index (χ4v) is 3.01. The lowest BCUT2D eigenvalue weighted by Crippen LogP contribution is -2.42. The van der Waals surface area contributed by atoms with Gasteiger partial charge in [-0.1, -0.05) is 0 Å². The number of hydrogen-bond donors (Lipinski definition) is 1. The summed E-state index contributed by atoms with van der Waals surface area (Å²) in [5.74, 6) is 0. The van der Waals surface area contributed by atoms with Crippen molar-refractivity contribution in [1.29, 1.82) is 0 Å². The first-order valence-electron chi connectivity index (χ1n) is 7.43. The molecule has 1 aromatic heterocycles. The zero-order valence-corrected chi connectivity index (χ0v) is 11.4. The van der Waals surface area contributed by atoms with Crippen LogP contribution in [0.1, 0.15) is 25.7 Å². The molecule has 3 rings (SSSR count). The Morgan fingerprint density at radius 2 is 1.89 bits per heavy atom. The van der Waals surface area contributed by atoms with Crippen LogP contribution in [0.4, 0.5) is 5.69 Å². The second kappa shape index (κ2) is 6.35. The number of anilines is 1. The molecule has 0 aliphatic carbocycles. The quantitative estimate of drug-likeness (QED) is 0.900. The summed E-state index contributed by atoms with van der Waals surface area (Å²) in [4.78, 5) is 6.51. The molecule has 1 atom stereocenters. The minimum absolute atomic E-state index is 0.436. The summed E-state index contributed by atoms with van der Waals surface area (Å²) in [7, 11) is 0. The summed E-state index contributed by atoms with van der Waals surface area (Å²) in [6.07, 6.45) is 9.36. The van der Waals surface area contributed by atoms with Crippen molar-refractivity contribution in [3.63, 3.8) is 0 Å². The molecule has 1 unspecified atom stereocenters. The number of aromatic nitrogens is 1. The minimum Gasteiger partial charge on any atom is -0.374 e. The molecule has 3 heterocycles. The highest BCUT2D eigenvalue weighted by atomic mass is 16.5. The monoisotopic (exact) mass is 261 g/mol. The molecule has 0 radical (unpaired) electrons. The van der Waals surface area contributed by atoms with Crippen LogP contribution in [-0.4, -0.2) is 43.4 Å². The van der Waals surface area contributed by atoms with E-state index < -0.39 is 0 Å². The highest BCUT2D eigenvalue weighted by molar-refractivity contribution is 5.44. The molecule has 0 bridgehead atoms. The van der Waals surface area contributed by atoms with Crippen LogP contribution in [0.25, 0.3) is 0 Å². The molecule has 1 N–H and O–H groups in total. The average molecular weight is 261 g/mol. The molecule has 2 fully saturated rings. The zero-order valence-electron chi connectivity index (χ0n) is 11.4. The smallest absolute Gasteiger partial charge is 0.0703 e. The lowest BCUT2D eigenvalue weighted by Gasteiger charge is -2.36. The van der Waals surface area contributed by atoms with Crippen molar-refractivity contribution in [2.24, 2.45) is 0 Å². The fraction of sp³-hybridized carbons (Fsp3) is 0.667. The molecule has 1 aromatic rings. The van der Waals surface area contributed by atoms with Crippen LogP contribution < -0.4 is 10.2 Å². The number of nitrogens with one attached hydrogen (secondary N) is 1. The van der Waals surface area contributed by atoms with Crippen molar-refractivity contribution in [3.05, 3.63) is 24.5 Å². The Bertz CT molecular complexity index is 370. The van der Waals surface area contributed by atoms with Crippen molar-refractivity contribution in [2.75, 3.05) is 31.1 Å². The summed E-state index contributed by atoms with van der Waals surface area (Å²) in [6.45, 7) is 4.37.